The summed E-state index contributed by atoms with van der Waals surface area (Å²) in [6, 6.07) is 37.0. The minimum absolute atomic E-state index is 0. The fourth-order valence-corrected chi connectivity index (χ4v) is 8.93. The molecule has 32 heavy (non-hydrogen) atoms. The fourth-order valence-electron chi connectivity index (χ4n) is 4.49. The molecule has 0 fully saturated rings. The van der Waals surface area contributed by atoms with Gasteiger partial charge in [0.15, 0.2) is 0 Å². The monoisotopic (exact) mass is 502 g/mol. The van der Waals surface area contributed by atoms with Crippen molar-refractivity contribution in [3.05, 3.63) is 119 Å². The molecule has 0 amide bonds. The van der Waals surface area contributed by atoms with Crippen LogP contribution in [-0.2, 0) is 6.42 Å². The standard InChI is InChI=1S/C30H32P.BrH/c1-5-8-26-9-6-7-10-30(26)31(27-17-11-23(2)12-18-27,28-19-13-24(3)14-20-28)29-21-15-25(4)16-22-29;/h6-7,9-22H,5,8H2,1-4H3;1H/q+1;/p-1. The molecule has 0 radical (unpaired) electrons. The zero-order chi connectivity index (χ0) is 21.8. The van der Waals surface area contributed by atoms with Crippen LogP contribution in [0.4, 0.5) is 0 Å². The molecular formula is C30H32BrP. The Morgan fingerprint density at radius 3 is 1.28 bits per heavy atom. The first-order chi connectivity index (χ1) is 15.1. The van der Waals surface area contributed by atoms with Gasteiger partial charge in [-0.1, -0.05) is 84.6 Å². The molecule has 4 aromatic rings. The maximum absolute atomic E-state index is 2.39. The first-order valence-electron chi connectivity index (χ1n) is 11.2. The Morgan fingerprint density at radius 2 is 0.906 bits per heavy atom. The molecule has 4 aromatic carbocycles. The van der Waals surface area contributed by atoms with E-state index in [1.54, 1.807) is 0 Å². The van der Waals surface area contributed by atoms with Crippen molar-refractivity contribution in [3.63, 3.8) is 0 Å². The Balaban J connectivity index is 0.00000289. The van der Waals surface area contributed by atoms with Gasteiger partial charge in [-0.15, -0.1) is 0 Å². The molecule has 0 aliphatic heterocycles. The summed E-state index contributed by atoms with van der Waals surface area (Å²) in [5.41, 5.74) is 5.38. The lowest BCUT2D eigenvalue weighted by Gasteiger charge is -2.29. The van der Waals surface area contributed by atoms with E-state index in [-0.39, 0.29) is 17.0 Å². The van der Waals surface area contributed by atoms with E-state index < -0.39 is 7.26 Å². The molecule has 0 aliphatic rings. The zero-order valence-corrected chi connectivity index (χ0v) is 22.0. The molecule has 0 heterocycles. The number of rotatable bonds is 6. The lowest BCUT2D eigenvalue weighted by Crippen LogP contribution is -3.00. The Kier molecular flexibility index (Phi) is 8.10. The third-order valence-corrected chi connectivity index (χ3v) is 10.5. The van der Waals surface area contributed by atoms with Crippen LogP contribution in [0.2, 0.25) is 0 Å². The molecule has 0 saturated heterocycles. The normalized spacial score (nSPS) is 11.1. The molecular weight excluding hydrogens is 471 g/mol. The van der Waals surface area contributed by atoms with Gasteiger partial charge in [0.2, 0.25) is 0 Å². The van der Waals surface area contributed by atoms with Crippen LogP contribution in [0.1, 0.15) is 35.6 Å². The van der Waals surface area contributed by atoms with Crippen molar-refractivity contribution in [3.8, 4) is 0 Å². The lowest BCUT2D eigenvalue weighted by molar-refractivity contribution is -0.00000633. The number of halogens is 1. The van der Waals surface area contributed by atoms with Crippen molar-refractivity contribution in [1.29, 1.82) is 0 Å². The van der Waals surface area contributed by atoms with E-state index in [1.807, 2.05) is 0 Å². The molecule has 0 aromatic heterocycles. The fraction of sp³-hybridized carbons (Fsp3) is 0.200. The van der Waals surface area contributed by atoms with Gasteiger partial charge >= 0.3 is 0 Å². The van der Waals surface area contributed by atoms with Crippen LogP contribution in [0.25, 0.3) is 0 Å². The highest BCUT2D eigenvalue weighted by molar-refractivity contribution is 8.01. The van der Waals surface area contributed by atoms with Crippen molar-refractivity contribution < 1.29 is 17.0 Å². The molecule has 0 N–H and O–H groups in total. The number of hydrogen-bond acceptors (Lipinski definition) is 0. The van der Waals surface area contributed by atoms with Crippen LogP contribution in [0.5, 0.6) is 0 Å². The van der Waals surface area contributed by atoms with Crippen molar-refractivity contribution in [2.45, 2.75) is 40.5 Å². The molecule has 0 saturated carbocycles. The summed E-state index contributed by atoms with van der Waals surface area (Å²) in [5.74, 6) is 0. The highest BCUT2D eigenvalue weighted by atomic mass is 79.9. The molecule has 2 heteroatoms. The quantitative estimate of drug-likeness (QED) is 0.355. The van der Waals surface area contributed by atoms with Crippen LogP contribution in [0.15, 0.2) is 97.1 Å². The summed E-state index contributed by atoms with van der Waals surface area (Å²) in [5, 5.41) is 5.77. The average molecular weight is 503 g/mol. The first kappa shape index (κ1) is 24.4. The third kappa shape index (κ3) is 4.61. The summed E-state index contributed by atoms with van der Waals surface area (Å²) in [6.45, 7) is 8.80. The zero-order valence-electron chi connectivity index (χ0n) is 19.5. The van der Waals surface area contributed by atoms with Crippen LogP contribution in [0.3, 0.4) is 0 Å². The molecule has 0 aliphatic carbocycles. The summed E-state index contributed by atoms with van der Waals surface area (Å²) < 4.78 is 0. The van der Waals surface area contributed by atoms with E-state index >= 15 is 0 Å². The van der Waals surface area contributed by atoms with Gasteiger partial charge in [0.25, 0.3) is 0 Å². The second-order valence-electron chi connectivity index (χ2n) is 8.56. The van der Waals surface area contributed by atoms with Crippen molar-refractivity contribution in [1.82, 2.24) is 0 Å². The number of aryl methyl sites for hydroxylation is 4. The molecule has 0 bridgehead atoms. The smallest absolute Gasteiger partial charge is 0.144 e. The van der Waals surface area contributed by atoms with E-state index in [1.165, 1.54) is 43.5 Å². The molecule has 0 spiro atoms. The Labute approximate surface area is 204 Å². The minimum Gasteiger partial charge on any atom is -1.00 e. The van der Waals surface area contributed by atoms with E-state index in [4.69, 9.17) is 0 Å². The Morgan fingerprint density at radius 1 is 0.531 bits per heavy atom. The maximum atomic E-state index is 2.39. The van der Waals surface area contributed by atoms with Crippen molar-refractivity contribution in [2.75, 3.05) is 0 Å². The molecule has 0 unspecified atom stereocenters. The minimum atomic E-state index is -2.03. The highest BCUT2D eigenvalue weighted by Crippen LogP contribution is 2.55. The van der Waals surface area contributed by atoms with Crippen LogP contribution in [-0.4, -0.2) is 0 Å². The van der Waals surface area contributed by atoms with E-state index in [0.29, 0.717) is 0 Å². The van der Waals surface area contributed by atoms with Gasteiger partial charge in [-0.05, 0) is 75.2 Å². The SMILES string of the molecule is CCCc1ccccc1[P+](c1ccc(C)cc1)(c1ccc(C)cc1)c1ccc(C)cc1.[Br-]. The van der Waals surface area contributed by atoms with Gasteiger partial charge in [0.05, 0.1) is 0 Å². The summed E-state index contributed by atoms with van der Waals surface area (Å²) in [7, 11) is -2.03. The highest BCUT2D eigenvalue weighted by Gasteiger charge is 2.49. The predicted octanol–water partition coefficient (Wildman–Crippen LogP) is 3.19. The number of benzene rings is 4. The van der Waals surface area contributed by atoms with Crippen LogP contribution >= 0.6 is 7.26 Å². The number of hydrogen-bond donors (Lipinski definition) is 0. The predicted molar refractivity (Wildman–Crippen MR) is 139 cm³/mol. The van der Waals surface area contributed by atoms with Crippen LogP contribution in [0, 0.1) is 20.8 Å². The van der Waals surface area contributed by atoms with Gasteiger partial charge in [0, 0.05) is 0 Å². The summed E-state index contributed by atoms with van der Waals surface area (Å²) >= 11 is 0. The average Bonchev–Trinajstić information content (AvgIpc) is 2.79. The largest absolute Gasteiger partial charge is 1.00 e. The van der Waals surface area contributed by atoms with Gasteiger partial charge in [-0.3, -0.25) is 0 Å². The second kappa shape index (κ2) is 10.6. The van der Waals surface area contributed by atoms with Gasteiger partial charge in [0.1, 0.15) is 28.5 Å². The van der Waals surface area contributed by atoms with Crippen LogP contribution < -0.4 is 38.2 Å². The third-order valence-electron chi connectivity index (χ3n) is 6.14. The van der Waals surface area contributed by atoms with E-state index in [9.17, 15) is 0 Å². The molecule has 164 valence electrons. The molecule has 0 atom stereocenters. The topological polar surface area (TPSA) is 0 Å². The van der Waals surface area contributed by atoms with E-state index in [2.05, 4.69) is 125 Å². The molecule has 0 nitrogen and oxygen atoms in total. The van der Waals surface area contributed by atoms with Gasteiger partial charge in [-0.25, -0.2) is 0 Å². The first-order valence-corrected chi connectivity index (χ1v) is 13.0. The summed E-state index contributed by atoms with van der Waals surface area (Å²) in [6.07, 6.45) is 2.24. The maximum Gasteiger partial charge on any atom is 0.144 e. The van der Waals surface area contributed by atoms with Crippen molar-refractivity contribution in [2.24, 2.45) is 0 Å². The van der Waals surface area contributed by atoms with Crippen molar-refractivity contribution >= 4 is 28.5 Å². The summed E-state index contributed by atoms with van der Waals surface area (Å²) in [4.78, 5) is 0. The van der Waals surface area contributed by atoms with E-state index in [0.717, 1.165) is 12.8 Å². The molecule has 4 rings (SSSR count). The Hall–Kier alpha value is -2.21. The van der Waals surface area contributed by atoms with Gasteiger partial charge < -0.3 is 17.0 Å². The second-order valence-corrected chi connectivity index (χ2v) is 11.9. The van der Waals surface area contributed by atoms with Gasteiger partial charge in [-0.2, -0.15) is 0 Å². The Bertz CT molecular complexity index is 1030. The lowest BCUT2D eigenvalue weighted by atomic mass is 10.1.